The molecule has 0 aromatic heterocycles. The Morgan fingerprint density at radius 1 is 1.07 bits per heavy atom. The van der Waals surface area contributed by atoms with Gasteiger partial charge in [-0.25, -0.2) is 13.6 Å². The van der Waals surface area contributed by atoms with Gasteiger partial charge in [0, 0.05) is 32.1 Å². The molecular formula is C23H27F2N3O2. The molecular weight excluding hydrogens is 388 g/mol. The third-order valence-corrected chi connectivity index (χ3v) is 4.77. The zero-order chi connectivity index (χ0) is 21.9. The summed E-state index contributed by atoms with van der Waals surface area (Å²) in [7, 11) is 0. The first kappa shape index (κ1) is 21.7. The molecule has 1 saturated heterocycles. The third kappa shape index (κ3) is 5.55. The molecule has 1 aliphatic heterocycles. The molecule has 0 unspecified atom stereocenters. The van der Waals surface area contributed by atoms with E-state index in [1.54, 1.807) is 28.0 Å². The molecule has 3 rings (SSSR count). The van der Waals surface area contributed by atoms with E-state index in [9.17, 15) is 18.4 Å². The fraction of sp³-hybridized carbons (Fsp3) is 0.391. The van der Waals surface area contributed by atoms with Crippen LogP contribution in [-0.4, -0.2) is 29.9 Å². The van der Waals surface area contributed by atoms with Crippen molar-refractivity contribution in [3.05, 3.63) is 59.7 Å². The van der Waals surface area contributed by atoms with E-state index in [1.165, 1.54) is 12.1 Å². The summed E-state index contributed by atoms with van der Waals surface area (Å²) in [6.07, 6.45) is 1.06. The van der Waals surface area contributed by atoms with Crippen LogP contribution in [0, 0.1) is 17.0 Å². The first-order valence-electron chi connectivity index (χ1n) is 10.0. The van der Waals surface area contributed by atoms with E-state index >= 15 is 0 Å². The van der Waals surface area contributed by atoms with Crippen LogP contribution in [0.5, 0.6) is 0 Å². The number of amides is 3. The van der Waals surface area contributed by atoms with Crippen molar-refractivity contribution in [1.82, 2.24) is 4.90 Å². The molecule has 2 aromatic carbocycles. The highest BCUT2D eigenvalue weighted by Crippen LogP contribution is 2.30. The third-order valence-electron chi connectivity index (χ3n) is 4.77. The maximum Gasteiger partial charge on any atom is 0.324 e. The zero-order valence-corrected chi connectivity index (χ0v) is 17.5. The Morgan fingerprint density at radius 3 is 2.40 bits per heavy atom. The first-order valence-corrected chi connectivity index (χ1v) is 10.0. The second-order valence-corrected chi connectivity index (χ2v) is 8.79. The summed E-state index contributed by atoms with van der Waals surface area (Å²) in [4.78, 5) is 28.7. The molecule has 5 nitrogen and oxygen atoms in total. The fourth-order valence-corrected chi connectivity index (χ4v) is 3.57. The summed E-state index contributed by atoms with van der Waals surface area (Å²) in [6, 6.07) is 10.2. The molecule has 7 heteroatoms. The van der Waals surface area contributed by atoms with E-state index in [1.807, 2.05) is 26.8 Å². The molecule has 2 aromatic rings. The molecule has 0 aliphatic carbocycles. The largest absolute Gasteiger partial charge is 0.324 e. The van der Waals surface area contributed by atoms with Crippen LogP contribution in [0.3, 0.4) is 0 Å². The minimum absolute atomic E-state index is 0.114. The fourth-order valence-electron chi connectivity index (χ4n) is 3.57. The molecule has 3 amide bonds. The first-order chi connectivity index (χ1) is 14.1. The van der Waals surface area contributed by atoms with Crippen LogP contribution in [0.25, 0.3) is 0 Å². The summed E-state index contributed by atoms with van der Waals surface area (Å²) in [5, 5.41) is 2.91. The number of para-hydroxylation sites is 2. The Hall–Kier alpha value is -2.96. The number of rotatable bonds is 5. The number of carbonyl (C=O) groups is 2. The number of urea groups is 1. The van der Waals surface area contributed by atoms with Crippen molar-refractivity contribution in [2.24, 2.45) is 5.41 Å². The van der Waals surface area contributed by atoms with Crippen LogP contribution in [0.1, 0.15) is 39.2 Å². The number of carbonyl (C=O) groups excluding carboxylic acids is 2. The summed E-state index contributed by atoms with van der Waals surface area (Å²) >= 11 is 0. The molecule has 0 atom stereocenters. The van der Waals surface area contributed by atoms with Crippen LogP contribution >= 0.6 is 0 Å². The lowest BCUT2D eigenvalue weighted by atomic mass is 9.92. The Balaban J connectivity index is 1.79. The van der Waals surface area contributed by atoms with Gasteiger partial charge in [-0.15, -0.1) is 0 Å². The van der Waals surface area contributed by atoms with E-state index in [-0.39, 0.29) is 23.9 Å². The molecule has 0 bridgehead atoms. The maximum atomic E-state index is 13.5. The number of halogens is 2. The highest BCUT2D eigenvalue weighted by Gasteiger charge is 2.29. The van der Waals surface area contributed by atoms with Crippen molar-refractivity contribution < 1.29 is 18.4 Å². The number of nitrogens with one attached hydrogen (secondary N) is 1. The Morgan fingerprint density at radius 2 is 1.73 bits per heavy atom. The minimum atomic E-state index is -0.668. The van der Waals surface area contributed by atoms with Crippen molar-refractivity contribution in [2.75, 3.05) is 23.3 Å². The van der Waals surface area contributed by atoms with Gasteiger partial charge in [-0.3, -0.25) is 9.69 Å². The van der Waals surface area contributed by atoms with Gasteiger partial charge in [0.2, 0.25) is 5.91 Å². The van der Waals surface area contributed by atoms with Gasteiger partial charge < -0.3 is 10.2 Å². The van der Waals surface area contributed by atoms with Gasteiger partial charge in [-0.2, -0.15) is 0 Å². The SMILES string of the molecule is CC(C)(C)CC(=O)Nc1ccccc1N1CCCN(Cc2cc(F)cc(F)c2)C1=O. The van der Waals surface area contributed by atoms with Crippen LogP contribution < -0.4 is 10.2 Å². The highest BCUT2D eigenvalue weighted by atomic mass is 19.1. The molecule has 160 valence electrons. The molecule has 1 N–H and O–H groups in total. The number of anilines is 2. The van der Waals surface area contributed by atoms with Crippen molar-refractivity contribution in [3.8, 4) is 0 Å². The van der Waals surface area contributed by atoms with Gasteiger partial charge in [-0.1, -0.05) is 32.9 Å². The lowest BCUT2D eigenvalue weighted by Gasteiger charge is -2.36. The topological polar surface area (TPSA) is 52.7 Å². The van der Waals surface area contributed by atoms with Crippen molar-refractivity contribution in [3.63, 3.8) is 0 Å². The number of nitrogens with zero attached hydrogens (tertiary/aromatic N) is 2. The predicted molar refractivity (Wildman–Crippen MR) is 113 cm³/mol. The second kappa shape index (κ2) is 8.81. The normalized spacial score (nSPS) is 14.8. The molecule has 0 spiro atoms. The summed E-state index contributed by atoms with van der Waals surface area (Å²) in [5.74, 6) is -1.46. The molecule has 1 heterocycles. The Bertz CT molecular complexity index is 920. The molecule has 1 aliphatic rings. The van der Waals surface area contributed by atoms with Gasteiger partial charge in [-0.05, 0) is 41.7 Å². The smallest absolute Gasteiger partial charge is 0.324 e. The molecule has 0 radical (unpaired) electrons. The van der Waals surface area contributed by atoms with E-state index in [0.717, 1.165) is 6.07 Å². The average molecular weight is 415 g/mol. The van der Waals surface area contributed by atoms with Gasteiger partial charge in [0.15, 0.2) is 0 Å². The van der Waals surface area contributed by atoms with Crippen molar-refractivity contribution >= 4 is 23.3 Å². The lowest BCUT2D eigenvalue weighted by Crippen LogP contribution is -2.49. The molecule has 0 saturated carbocycles. The molecule has 30 heavy (non-hydrogen) atoms. The van der Waals surface area contributed by atoms with E-state index in [2.05, 4.69) is 5.32 Å². The monoisotopic (exact) mass is 415 g/mol. The summed E-state index contributed by atoms with van der Waals surface area (Å²) in [6.45, 7) is 7.06. The Labute approximate surface area is 175 Å². The van der Waals surface area contributed by atoms with Gasteiger partial charge >= 0.3 is 6.03 Å². The summed E-state index contributed by atoms with van der Waals surface area (Å²) < 4.78 is 27.0. The summed E-state index contributed by atoms with van der Waals surface area (Å²) in [5.41, 5.74) is 1.42. The maximum absolute atomic E-state index is 13.5. The van der Waals surface area contributed by atoms with Crippen LogP contribution in [0.4, 0.5) is 25.0 Å². The average Bonchev–Trinajstić information content (AvgIpc) is 2.62. The van der Waals surface area contributed by atoms with Crippen molar-refractivity contribution in [1.29, 1.82) is 0 Å². The van der Waals surface area contributed by atoms with Gasteiger partial charge in [0.25, 0.3) is 0 Å². The van der Waals surface area contributed by atoms with E-state index < -0.39 is 11.6 Å². The van der Waals surface area contributed by atoms with Gasteiger partial charge in [0.05, 0.1) is 11.4 Å². The minimum Gasteiger partial charge on any atom is -0.324 e. The van der Waals surface area contributed by atoms with Gasteiger partial charge in [0.1, 0.15) is 11.6 Å². The van der Waals surface area contributed by atoms with E-state index in [4.69, 9.17) is 0 Å². The van der Waals surface area contributed by atoms with Crippen molar-refractivity contribution in [2.45, 2.75) is 40.2 Å². The standard InChI is InChI=1S/C23H27F2N3O2/c1-23(2,3)14-21(29)26-19-7-4-5-8-20(19)28-10-6-9-27(22(28)30)15-16-11-17(24)13-18(25)12-16/h4-5,7-8,11-13H,6,9-10,14-15H2,1-3H3,(H,26,29). The number of benzene rings is 2. The van der Waals surface area contributed by atoms with Crippen LogP contribution in [-0.2, 0) is 11.3 Å². The number of hydrogen-bond donors (Lipinski definition) is 1. The predicted octanol–water partition coefficient (Wildman–Crippen LogP) is 5.17. The van der Waals surface area contributed by atoms with E-state index in [0.29, 0.717) is 42.9 Å². The Kier molecular flexibility index (Phi) is 6.39. The molecule has 1 fully saturated rings. The zero-order valence-electron chi connectivity index (χ0n) is 17.5. The van der Waals surface area contributed by atoms with Crippen LogP contribution in [0.2, 0.25) is 0 Å². The highest BCUT2D eigenvalue weighted by molar-refractivity contribution is 6.00. The number of hydrogen-bond acceptors (Lipinski definition) is 2. The lowest BCUT2D eigenvalue weighted by molar-refractivity contribution is -0.117. The quantitative estimate of drug-likeness (QED) is 0.732. The second-order valence-electron chi connectivity index (χ2n) is 8.79. The van der Waals surface area contributed by atoms with Crippen LogP contribution in [0.15, 0.2) is 42.5 Å².